The van der Waals surface area contributed by atoms with Crippen molar-refractivity contribution in [3.05, 3.63) is 53.0 Å². The van der Waals surface area contributed by atoms with Crippen LogP contribution in [0.4, 0.5) is 0 Å². The zero-order valence-corrected chi connectivity index (χ0v) is 23.1. The number of rotatable bonds is 6. The van der Waals surface area contributed by atoms with E-state index in [-0.39, 0.29) is 11.4 Å². The van der Waals surface area contributed by atoms with Crippen molar-refractivity contribution in [1.29, 1.82) is 0 Å². The predicted octanol–water partition coefficient (Wildman–Crippen LogP) is 4.70. The fourth-order valence-corrected chi connectivity index (χ4v) is 6.23. The molecular weight excluding hydrogens is 476 g/mol. The summed E-state index contributed by atoms with van der Waals surface area (Å²) in [5.41, 5.74) is 9.38. The molecule has 3 aromatic heterocycles. The third-order valence-corrected chi connectivity index (χ3v) is 8.54. The molecule has 0 aliphatic carbocycles. The maximum Gasteiger partial charge on any atom is 0.234 e. The molecule has 200 valence electrons. The van der Waals surface area contributed by atoms with Crippen LogP contribution in [-0.4, -0.2) is 68.8 Å². The van der Waals surface area contributed by atoms with Crippen molar-refractivity contribution in [3.63, 3.8) is 0 Å². The van der Waals surface area contributed by atoms with Gasteiger partial charge in [-0.15, -0.1) is 0 Å². The highest BCUT2D eigenvalue weighted by Gasteiger charge is 2.35. The van der Waals surface area contributed by atoms with Crippen LogP contribution in [0.2, 0.25) is 0 Å². The van der Waals surface area contributed by atoms with Gasteiger partial charge in [-0.3, -0.25) is 9.69 Å². The lowest BCUT2D eigenvalue weighted by molar-refractivity contribution is -0.132. The number of amides is 1. The molecule has 2 fully saturated rings. The molecule has 1 aromatic carbocycles. The van der Waals surface area contributed by atoms with Crippen molar-refractivity contribution in [3.8, 4) is 11.3 Å². The maximum atomic E-state index is 12.5. The van der Waals surface area contributed by atoms with Gasteiger partial charge in [0.2, 0.25) is 5.91 Å². The van der Waals surface area contributed by atoms with Gasteiger partial charge in [-0.05, 0) is 92.9 Å². The quantitative estimate of drug-likeness (QED) is 0.389. The Kier molecular flexibility index (Phi) is 6.27. The van der Waals surface area contributed by atoms with E-state index in [1.807, 2.05) is 11.4 Å². The molecule has 0 radical (unpaired) electrons. The standard InChI is InChI=1S/C30H38N6O2/c1-18(2)27-23-12-22(21-8-10-35(11-9-21)14-26(37)34-30(5)15-38-16-30)6-7-25(23)33-28(27)24-13-36-29(31-17-32-36)20(4)19(24)3/h6-7,12-13,17-18,21,33H,8-11,14-16H2,1-5H3,(H,34,37). The van der Waals surface area contributed by atoms with E-state index < -0.39 is 0 Å². The number of hydrogen-bond donors (Lipinski definition) is 2. The number of piperidine rings is 1. The second-order valence-electron chi connectivity index (χ2n) is 11.8. The zero-order valence-electron chi connectivity index (χ0n) is 23.1. The zero-order chi connectivity index (χ0) is 26.6. The number of aromatic amines is 1. The van der Waals surface area contributed by atoms with Crippen molar-refractivity contribution in [2.45, 2.75) is 64.8 Å². The van der Waals surface area contributed by atoms with E-state index in [2.05, 4.69) is 77.4 Å². The van der Waals surface area contributed by atoms with Crippen molar-refractivity contribution in [2.24, 2.45) is 0 Å². The smallest absolute Gasteiger partial charge is 0.234 e. The van der Waals surface area contributed by atoms with Crippen LogP contribution in [0.1, 0.15) is 67.7 Å². The topological polar surface area (TPSA) is 87.5 Å². The Morgan fingerprint density at radius 3 is 2.66 bits per heavy atom. The lowest BCUT2D eigenvalue weighted by Gasteiger charge is -2.39. The number of benzene rings is 1. The molecule has 8 nitrogen and oxygen atoms in total. The van der Waals surface area contributed by atoms with E-state index in [4.69, 9.17) is 4.74 Å². The number of nitrogens with zero attached hydrogens (tertiary/aromatic N) is 4. The first kappa shape index (κ1) is 25.1. The number of nitrogens with one attached hydrogen (secondary N) is 2. The second kappa shape index (κ2) is 9.50. The number of carbonyl (C=O) groups excluding carboxylic acids is 1. The molecule has 2 aliphatic heterocycles. The van der Waals surface area contributed by atoms with E-state index in [1.165, 1.54) is 38.9 Å². The summed E-state index contributed by atoms with van der Waals surface area (Å²) in [6.45, 7) is 14.4. The van der Waals surface area contributed by atoms with Crippen molar-refractivity contribution < 1.29 is 9.53 Å². The summed E-state index contributed by atoms with van der Waals surface area (Å²) in [6, 6.07) is 6.94. The first-order valence-electron chi connectivity index (χ1n) is 13.8. The highest BCUT2D eigenvalue weighted by atomic mass is 16.5. The highest BCUT2D eigenvalue weighted by Crippen LogP contribution is 2.40. The van der Waals surface area contributed by atoms with Crippen LogP contribution in [0.15, 0.2) is 30.7 Å². The molecule has 38 heavy (non-hydrogen) atoms. The van der Waals surface area contributed by atoms with E-state index in [9.17, 15) is 4.79 Å². The van der Waals surface area contributed by atoms with E-state index >= 15 is 0 Å². The molecule has 2 aliphatic rings. The number of ether oxygens (including phenoxy) is 1. The molecule has 4 aromatic rings. The van der Waals surface area contributed by atoms with Gasteiger partial charge >= 0.3 is 0 Å². The molecule has 6 rings (SSSR count). The Bertz CT molecular complexity index is 1500. The van der Waals surface area contributed by atoms with E-state index in [0.717, 1.165) is 37.1 Å². The van der Waals surface area contributed by atoms with Crippen LogP contribution in [0.25, 0.3) is 27.8 Å². The van der Waals surface area contributed by atoms with Crippen LogP contribution >= 0.6 is 0 Å². The largest absolute Gasteiger partial charge is 0.376 e. The predicted molar refractivity (Wildman–Crippen MR) is 150 cm³/mol. The molecule has 0 bridgehead atoms. The SMILES string of the molecule is Cc1c(-c2[nH]c3ccc(C4CCN(CC(=O)NC5(C)COC5)CC4)cc3c2C(C)C)cn2ncnc2c1C. The molecule has 8 heteroatoms. The highest BCUT2D eigenvalue weighted by molar-refractivity contribution is 5.92. The summed E-state index contributed by atoms with van der Waals surface area (Å²) in [6.07, 6.45) is 5.85. The molecule has 2 saturated heterocycles. The van der Waals surface area contributed by atoms with Crippen LogP contribution in [0.5, 0.6) is 0 Å². The molecular formula is C30H38N6O2. The minimum Gasteiger partial charge on any atom is -0.376 e. The first-order valence-corrected chi connectivity index (χ1v) is 13.8. The number of pyridine rings is 1. The summed E-state index contributed by atoms with van der Waals surface area (Å²) in [5.74, 6) is 0.972. The van der Waals surface area contributed by atoms with Gasteiger partial charge < -0.3 is 15.0 Å². The first-order chi connectivity index (χ1) is 18.2. The van der Waals surface area contributed by atoms with Crippen LogP contribution < -0.4 is 5.32 Å². The number of fused-ring (bicyclic) bond motifs is 2. The molecule has 5 heterocycles. The maximum absolute atomic E-state index is 12.5. The summed E-state index contributed by atoms with van der Waals surface area (Å²) >= 11 is 0. The molecule has 0 atom stereocenters. The molecule has 2 N–H and O–H groups in total. The van der Waals surface area contributed by atoms with Gasteiger partial charge in [-0.1, -0.05) is 19.9 Å². The third-order valence-electron chi connectivity index (χ3n) is 8.54. The average molecular weight is 515 g/mol. The van der Waals surface area contributed by atoms with Crippen LogP contribution in [0.3, 0.4) is 0 Å². The summed E-state index contributed by atoms with van der Waals surface area (Å²) in [5, 5.41) is 8.86. The van der Waals surface area contributed by atoms with Crippen LogP contribution in [0, 0.1) is 13.8 Å². The Labute approximate surface area is 223 Å². The van der Waals surface area contributed by atoms with Gasteiger partial charge in [-0.2, -0.15) is 5.10 Å². The van der Waals surface area contributed by atoms with Crippen LogP contribution in [-0.2, 0) is 9.53 Å². The average Bonchev–Trinajstić information content (AvgIpc) is 3.50. The summed E-state index contributed by atoms with van der Waals surface area (Å²) in [4.78, 5) is 23.0. The van der Waals surface area contributed by atoms with E-state index in [1.54, 1.807) is 6.33 Å². The van der Waals surface area contributed by atoms with Gasteiger partial charge in [0.15, 0.2) is 5.65 Å². The van der Waals surface area contributed by atoms with Gasteiger partial charge in [0.25, 0.3) is 0 Å². The number of aryl methyl sites for hydroxylation is 1. The Morgan fingerprint density at radius 1 is 1.21 bits per heavy atom. The lowest BCUT2D eigenvalue weighted by atomic mass is 9.87. The minimum atomic E-state index is -0.188. The Morgan fingerprint density at radius 2 is 1.97 bits per heavy atom. The molecule has 1 amide bonds. The Balaban J connectivity index is 1.24. The number of H-pyrrole nitrogens is 1. The molecule has 0 saturated carbocycles. The molecule has 0 spiro atoms. The van der Waals surface area contributed by atoms with Gasteiger partial charge in [0.1, 0.15) is 6.33 Å². The lowest BCUT2D eigenvalue weighted by Crippen LogP contribution is -2.61. The second-order valence-corrected chi connectivity index (χ2v) is 11.8. The number of carbonyl (C=O) groups is 1. The minimum absolute atomic E-state index is 0.103. The third kappa shape index (κ3) is 4.39. The Hall–Kier alpha value is -3.23. The summed E-state index contributed by atoms with van der Waals surface area (Å²) in [7, 11) is 0. The van der Waals surface area contributed by atoms with Gasteiger partial charge in [0.05, 0.1) is 31.0 Å². The van der Waals surface area contributed by atoms with E-state index in [0.29, 0.717) is 31.6 Å². The van der Waals surface area contributed by atoms with Crippen molar-refractivity contribution in [1.82, 2.24) is 29.8 Å². The number of aromatic nitrogens is 4. The number of hydrogen-bond acceptors (Lipinski definition) is 5. The normalized spacial score (nSPS) is 18.4. The van der Waals surface area contributed by atoms with Crippen molar-refractivity contribution >= 4 is 22.5 Å². The monoisotopic (exact) mass is 514 g/mol. The van der Waals surface area contributed by atoms with Gasteiger partial charge in [-0.25, -0.2) is 9.50 Å². The fourth-order valence-electron chi connectivity index (χ4n) is 6.23. The van der Waals surface area contributed by atoms with Gasteiger partial charge in [0, 0.05) is 22.7 Å². The summed E-state index contributed by atoms with van der Waals surface area (Å²) < 4.78 is 7.14. The molecule has 0 unspecified atom stereocenters. The van der Waals surface area contributed by atoms with Crippen molar-refractivity contribution in [2.75, 3.05) is 32.8 Å². The fraction of sp³-hybridized carbons (Fsp3) is 0.500. The number of likely N-dealkylation sites (tertiary alicyclic amines) is 1.